The van der Waals surface area contributed by atoms with E-state index in [2.05, 4.69) is 10.3 Å². The van der Waals surface area contributed by atoms with Crippen LogP contribution < -0.4 is 5.32 Å². The summed E-state index contributed by atoms with van der Waals surface area (Å²) in [5.41, 5.74) is 2.97. The first-order valence-electron chi connectivity index (χ1n) is 13.4. The van der Waals surface area contributed by atoms with Crippen LogP contribution in [-0.4, -0.2) is 53.3 Å². The minimum atomic E-state index is -3.79. The number of amides is 2. The van der Waals surface area contributed by atoms with Crippen molar-refractivity contribution in [1.29, 1.82) is 0 Å². The van der Waals surface area contributed by atoms with Gasteiger partial charge in [0, 0.05) is 38.4 Å². The number of rotatable bonds is 13. The summed E-state index contributed by atoms with van der Waals surface area (Å²) >= 11 is 0. The van der Waals surface area contributed by atoms with Crippen molar-refractivity contribution in [2.45, 2.75) is 32.1 Å². The molecule has 0 bridgehead atoms. The fourth-order valence-electron chi connectivity index (χ4n) is 4.47. The van der Waals surface area contributed by atoms with Crippen LogP contribution in [0.3, 0.4) is 0 Å². The standard InChI is InChI=1S/C32H33FN4O4S/c1-42(40,41)36(22-27-10-6-3-7-11-27)24-31(38)37(23-28-12-14-29(33)15-13-28)30(20-25-8-4-2-5-9-25)32(39)35-21-26-16-18-34-19-17-26/h2-19,30H,20-24H2,1H3,(H,35,39)/t30-/m1/s1. The maximum atomic E-state index is 14.0. The van der Waals surface area contributed by atoms with E-state index in [1.54, 1.807) is 60.9 Å². The van der Waals surface area contributed by atoms with E-state index >= 15 is 0 Å². The van der Waals surface area contributed by atoms with Gasteiger partial charge < -0.3 is 10.2 Å². The Kier molecular flexibility index (Phi) is 10.5. The SMILES string of the molecule is CS(=O)(=O)N(CC(=O)N(Cc1ccc(F)cc1)[C@H](Cc1ccccc1)C(=O)NCc1ccncc1)Cc1ccccc1. The Labute approximate surface area is 245 Å². The molecule has 3 aromatic carbocycles. The lowest BCUT2D eigenvalue weighted by atomic mass is 10.0. The number of nitrogens with zero attached hydrogens (tertiary/aromatic N) is 3. The molecule has 0 saturated carbocycles. The summed E-state index contributed by atoms with van der Waals surface area (Å²) in [4.78, 5) is 33.2. The molecule has 0 fully saturated rings. The molecule has 0 aliphatic rings. The van der Waals surface area contributed by atoms with E-state index < -0.39 is 40.2 Å². The van der Waals surface area contributed by atoms with Crippen LogP contribution >= 0.6 is 0 Å². The Hall–Kier alpha value is -4.41. The van der Waals surface area contributed by atoms with Crippen molar-refractivity contribution in [3.05, 3.63) is 138 Å². The molecule has 0 aliphatic heterocycles. The molecule has 4 aromatic rings. The molecular formula is C32H33FN4O4S. The number of hydrogen-bond donors (Lipinski definition) is 1. The fourth-order valence-corrected chi connectivity index (χ4v) is 5.20. The van der Waals surface area contributed by atoms with Crippen molar-refractivity contribution in [3.63, 3.8) is 0 Å². The Morgan fingerprint density at radius 2 is 1.36 bits per heavy atom. The molecule has 0 radical (unpaired) electrons. The van der Waals surface area contributed by atoms with Gasteiger partial charge in [0.25, 0.3) is 0 Å². The van der Waals surface area contributed by atoms with Crippen LogP contribution in [-0.2, 0) is 45.7 Å². The maximum absolute atomic E-state index is 14.0. The number of benzene rings is 3. The van der Waals surface area contributed by atoms with E-state index in [1.165, 1.54) is 17.0 Å². The van der Waals surface area contributed by atoms with E-state index in [9.17, 15) is 22.4 Å². The molecular weight excluding hydrogens is 555 g/mol. The van der Waals surface area contributed by atoms with Gasteiger partial charge in [0.1, 0.15) is 11.9 Å². The van der Waals surface area contributed by atoms with Crippen LogP contribution in [0.2, 0.25) is 0 Å². The van der Waals surface area contributed by atoms with Crippen LogP contribution in [0.4, 0.5) is 4.39 Å². The van der Waals surface area contributed by atoms with Crippen LogP contribution in [0, 0.1) is 5.82 Å². The zero-order valence-electron chi connectivity index (χ0n) is 23.3. The topological polar surface area (TPSA) is 99.7 Å². The molecule has 42 heavy (non-hydrogen) atoms. The van der Waals surface area contributed by atoms with Gasteiger partial charge in [-0.15, -0.1) is 0 Å². The van der Waals surface area contributed by atoms with Crippen molar-refractivity contribution < 1.29 is 22.4 Å². The number of sulfonamides is 1. The summed E-state index contributed by atoms with van der Waals surface area (Å²) < 4.78 is 40.3. The summed E-state index contributed by atoms with van der Waals surface area (Å²) in [5.74, 6) is -1.39. The van der Waals surface area contributed by atoms with Crippen molar-refractivity contribution in [2.24, 2.45) is 0 Å². The van der Waals surface area contributed by atoms with Gasteiger partial charge in [-0.25, -0.2) is 12.8 Å². The molecule has 0 saturated heterocycles. The van der Waals surface area contributed by atoms with Gasteiger partial charge >= 0.3 is 0 Å². The molecule has 1 aromatic heterocycles. The highest BCUT2D eigenvalue weighted by molar-refractivity contribution is 7.88. The van der Waals surface area contributed by atoms with E-state index in [-0.39, 0.29) is 26.1 Å². The Bertz CT molecular complexity index is 1550. The van der Waals surface area contributed by atoms with Gasteiger partial charge in [-0.05, 0) is 46.5 Å². The van der Waals surface area contributed by atoms with E-state index in [0.717, 1.165) is 27.3 Å². The zero-order valence-corrected chi connectivity index (χ0v) is 24.1. The second kappa shape index (κ2) is 14.5. The third-order valence-corrected chi connectivity index (χ3v) is 7.93. The Morgan fingerprint density at radius 1 is 0.786 bits per heavy atom. The van der Waals surface area contributed by atoms with Crippen LogP contribution in [0.5, 0.6) is 0 Å². The number of halogens is 1. The first-order chi connectivity index (χ1) is 20.2. The van der Waals surface area contributed by atoms with Crippen LogP contribution in [0.25, 0.3) is 0 Å². The summed E-state index contributed by atoms with van der Waals surface area (Å²) in [6.07, 6.45) is 4.49. The number of carbonyl (C=O) groups is 2. The molecule has 8 nitrogen and oxygen atoms in total. The minimum Gasteiger partial charge on any atom is -0.350 e. The van der Waals surface area contributed by atoms with Gasteiger partial charge in [-0.2, -0.15) is 4.31 Å². The minimum absolute atomic E-state index is 0.00655. The molecule has 10 heteroatoms. The molecule has 0 spiro atoms. The summed E-state index contributed by atoms with van der Waals surface area (Å²) in [6.45, 7) is -0.290. The van der Waals surface area contributed by atoms with Crippen molar-refractivity contribution >= 4 is 21.8 Å². The van der Waals surface area contributed by atoms with Crippen molar-refractivity contribution in [3.8, 4) is 0 Å². The van der Waals surface area contributed by atoms with Gasteiger partial charge in [0.15, 0.2) is 0 Å². The third-order valence-electron chi connectivity index (χ3n) is 6.74. The number of hydrogen-bond acceptors (Lipinski definition) is 5. The summed E-state index contributed by atoms with van der Waals surface area (Å²) in [5, 5.41) is 2.92. The monoisotopic (exact) mass is 588 g/mol. The normalized spacial score (nSPS) is 12.1. The second-order valence-corrected chi connectivity index (χ2v) is 11.9. The van der Waals surface area contributed by atoms with Gasteiger partial charge in [0.2, 0.25) is 21.8 Å². The number of pyridine rings is 1. The molecule has 218 valence electrons. The smallest absolute Gasteiger partial charge is 0.243 e. The molecule has 4 rings (SSSR count). The number of nitrogens with one attached hydrogen (secondary N) is 1. The average molecular weight is 589 g/mol. The highest BCUT2D eigenvalue weighted by Crippen LogP contribution is 2.18. The number of carbonyl (C=O) groups excluding carboxylic acids is 2. The fraction of sp³-hybridized carbons (Fsp3) is 0.219. The highest BCUT2D eigenvalue weighted by Gasteiger charge is 2.33. The summed E-state index contributed by atoms with van der Waals surface area (Å²) in [6, 6.07) is 26.5. The Balaban J connectivity index is 1.67. The molecule has 0 unspecified atom stereocenters. The third kappa shape index (κ3) is 9.05. The summed E-state index contributed by atoms with van der Waals surface area (Å²) in [7, 11) is -3.79. The van der Waals surface area contributed by atoms with Gasteiger partial charge in [0.05, 0.1) is 12.8 Å². The largest absolute Gasteiger partial charge is 0.350 e. The predicted octanol–water partition coefficient (Wildman–Crippen LogP) is 3.94. The predicted molar refractivity (Wildman–Crippen MR) is 159 cm³/mol. The molecule has 1 atom stereocenters. The first-order valence-corrected chi connectivity index (χ1v) is 15.3. The number of aromatic nitrogens is 1. The van der Waals surface area contributed by atoms with E-state index in [0.29, 0.717) is 5.56 Å². The molecule has 0 aliphatic carbocycles. The van der Waals surface area contributed by atoms with E-state index in [4.69, 9.17) is 0 Å². The first kappa shape index (κ1) is 30.5. The van der Waals surface area contributed by atoms with Crippen molar-refractivity contribution in [2.75, 3.05) is 12.8 Å². The lowest BCUT2D eigenvalue weighted by Gasteiger charge is -2.33. The Morgan fingerprint density at radius 3 is 1.95 bits per heavy atom. The van der Waals surface area contributed by atoms with Gasteiger partial charge in [-0.3, -0.25) is 14.6 Å². The molecule has 2 amide bonds. The van der Waals surface area contributed by atoms with Crippen molar-refractivity contribution in [1.82, 2.24) is 19.5 Å². The quantitative estimate of drug-likeness (QED) is 0.255. The van der Waals surface area contributed by atoms with E-state index in [1.807, 2.05) is 36.4 Å². The maximum Gasteiger partial charge on any atom is 0.243 e. The van der Waals surface area contributed by atoms with Gasteiger partial charge in [-0.1, -0.05) is 72.8 Å². The highest BCUT2D eigenvalue weighted by atomic mass is 32.2. The lowest BCUT2D eigenvalue weighted by Crippen LogP contribution is -2.53. The average Bonchev–Trinajstić information content (AvgIpc) is 2.99. The van der Waals surface area contributed by atoms with Crippen LogP contribution in [0.15, 0.2) is 109 Å². The molecule has 1 heterocycles. The lowest BCUT2D eigenvalue weighted by molar-refractivity contribution is -0.141. The molecule has 1 N–H and O–H groups in total. The zero-order chi connectivity index (χ0) is 30.0. The second-order valence-electron chi connectivity index (χ2n) is 9.94. The van der Waals surface area contributed by atoms with Crippen LogP contribution in [0.1, 0.15) is 22.3 Å².